The minimum Gasteiger partial charge on any atom is -0.385 e. The van der Waals surface area contributed by atoms with Gasteiger partial charge in [-0.1, -0.05) is 18.2 Å². The summed E-state index contributed by atoms with van der Waals surface area (Å²) in [5.74, 6) is 1.25. The lowest BCUT2D eigenvalue weighted by atomic mass is 10.1. The van der Waals surface area contributed by atoms with Gasteiger partial charge in [0, 0.05) is 24.8 Å². The van der Waals surface area contributed by atoms with Gasteiger partial charge in [-0.3, -0.25) is 9.36 Å². The van der Waals surface area contributed by atoms with E-state index in [4.69, 9.17) is 5.73 Å². The summed E-state index contributed by atoms with van der Waals surface area (Å²) in [7, 11) is 1.89. The molecule has 5 heteroatoms. The Morgan fingerprint density at radius 2 is 2.11 bits per heavy atom. The Morgan fingerprint density at radius 3 is 2.84 bits per heavy atom. The van der Waals surface area contributed by atoms with Crippen LogP contribution < -0.4 is 11.3 Å². The number of nitrogens with two attached hydrogens (primary N) is 1. The number of hydrogen-bond acceptors (Lipinski definition) is 3. The SMILES string of the molecule is Cn1ccnc1Cn1c(N)cc2ccccc2c1=O. The zero-order valence-electron chi connectivity index (χ0n) is 10.6. The molecule has 5 nitrogen and oxygen atoms in total. The van der Waals surface area contributed by atoms with Crippen LogP contribution in [0, 0.1) is 0 Å². The highest BCUT2D eigenvalue weighted by atomic mass is 16.1. The molecule has 96 valence electrons. The molecule has 3 rings (SSSR count). The second kappa shape index (κ2) is 4.28. The molecule has 0 bridgehead atoms. The van der Waals surface area contributed by atoms with Gasteiger partial charge in [0.05, 0.1) is 6.54 Å². The van der Waals surface area contributed by atoms with Crippen molar-refractivity contribution in [2.75, 3.05) is 5.73 Å². The number of rotatable bonds is 2. The Labute approximate surface area is 109 Å². The Balaban J connectivity index is 2.19. The third-order valence-corrected chi connectivity index (χ3v) is 3.27. The molecule has 3 aromatic rings. The van der Waals surface area contributed by atoms with Crippen molar-refractivity contribution in [3.63, 3.8) is 0 Å². The minimum absolute atomic E-state index is 0.0846. The molecule has 2 N–H and O–H groups in total. The van der Waals surface area contributed by atoms with Gasteiger partial charge in [0.1, 0.15) is 11.6 Å². The molecule has 0 radical (unpaired) electrons. The second-order valence-corrected chi connectivity index (χ2v) is 4.50. The van der Waals surface area contributed by atoms with E-state index in [0.717, 1.165) is 11.2 Å². The first-order valence-corrected chi connectivity index (χ1v) is 6.01. The summed E-state index contributed by atoms with van der Waals surface area (Å²) in [5.41, 5.74) is 5.90. The molecule has 0 aliphatic carbocycles. The van der Waals surface area contributed by atoms with E-state index in [-0.39, 0.29) is 5.56 Å². The summed E-state index contributed by atoms with van der Waals surface area (Å²) >= 11 is 0. The smallest absolute Gasteiger partial charge is 0.260 e. The number of imidazole rings is 1. The number of aromatic nitrogens is 3. The number of benzene rings is 1. The highest BCUT2D eigenvalue weighted by molar-refractivity contribution is 5.83. The maximum absolute atomic E-state index is 12.4. The number of anilines is 1. The molecule has 0 saturated heterocycles. The molecule has 0 saturated carbocycles. The molecule has 2 aromatic heterocycles. The van der Waals surface area contributed by atoms with Gasteiger partial charge in [0.15, 0.2) is 0 Å². The van der Waals surface area contributed by atoms with Crippen molar-refractivity contribution in [1.82, 2.24) is 14.1 Å². The van der Waals surface area contributed by atoms with E-state index < -0.39 is 0 Å². The zero-order chi connectivity index (χ0) is 13.4. The largest absolute Gasteiger partial charge is 0.385 e. The average Bonchev–Trinajstić information content (AvgIpc) is 2.80. The Morgan fingerprint density at radius 1 is 1.32 bits per heavy atom. The van der Waals surface area contributed by atoms with Crippen LogP contribution in [0.15, 0.2) is 47.5 Å². The van der Waals surface area contributed by atoms with E-state index in [2.05, 4.69) is 4.98 Å². The zero-order valence-corrected chi connectivity index (χ0v) is 10.6. The molecule has 0 unspecified atom stereocenters. The summed E-state index contributed by atoms with van der Waals surface area (Å²) in [6, 6.07) is 9.26. The molecule has 0 atom stereocenters. The molecule has 2 heterocycles. The van der Waals surface area contributed by atoms with Crippen molar-refractivity contribution in [3.8, 4) is 0 Å². The van der Waals surface area contributed by atoms with Crippen LogP contribution in [0.5, 0.6) is 0 Å². The fourth-order valence-electron chi connectivity index (χ4n) is 2.17. The van der Waals surface area contributed by atoms with Gasteiger partial charge >= 0.3 is 0 Å². The minimum atomic E-state index is -0.0846. The van der Waals surface area contributed by atoms with E-state index in [1.54, 1.807) is 10.8 Å². The topological polar surface area (TPSA) is 65.8 Å². The number of hydrogen-bond donors (Lipinski definition) is 1. The highest BCUT2D eigenvalue weighted by Gasteiger charge is 2.09. The maximum Gasteiger partial charge on any atom is 0.260 e. The molecule has 0 amide bonds. The summed E-state index contributed by atoms with van der Waals surface area (Å²) in [6.07, 6.45) is 3.55. The Kier molecular flexibility index (Phi) is 2.59. The van der Waals surface area contributed by atoms with Gasteiger partial charge in [-0.05, 0) is 17.5 Å². The van der Waals surface area contributed by atoms with E-state index in [1.165, 1.54) is 0 Å². The molecule has 0 spiro atoms. The molecular weight excluding hydrogens is 240 g/mol. The molecule has 1 aromatic carbocycles. The number of nitrogens with zero attached hydrogens (tertiary/aromatic N) is 3. The number of fused-ring (bicyclic) bond motifs is 1. The third kappa shape index (κ3) is 1.89. The summed E-state index contributed by atoms with van der Waals surface area (Å²) < 4.78 is 3.42. The van der Waals surface area contributed by atoms with Crippen molar-refractivity contribution < 1.29 is 0 Å². The van der Waals surface area contributed by atoms with Crippen molar-refractivity contribution in [2.24, 2.45) is 7.05 Å². The van der Waals surface area contributed by atoms with Gasteiger partial charge in [-0.15, -0.1) is 0 Å². The van der Waals surface area contributed by atoms with Crippen LogP contribution in [0.25, 0.3) is 10.8 Å². The quantitative estimate of drug-likeness (QED) is 0.751. The molecule has 19 heavy (non-hydrogen) atoms. The van der Waals surface area contributed by atoms with Gasteiger partial charge < -0.3 is 10.3 Å². The van der Waals surface area contributed by atoms with Crippen molar-refractivity contribution in [1.29, 1.82) is 0 Å². The van der Waals surface area contributed by atoms with Gasteiger partial charge in [0.25, 0.3) is 5.56 Å². The standard InChI is InChI=1S/C14H14N4O/c1-17-7-6-16-13(17)9-18-12(15)8-10-4-2-3-5-11(10)14(18)19/h2-8H,9,15H2,1H3. The molecule has 0 fully saturated rings. The van der Waals surface area contributed by atoms with Crippen LogP contribution >= 0.6 is 0 Å². The average molecular weight is 254 g/mol. The summed E-state index contributed by atoms with van der Waals surface area (Å²) in [5, 5.41) is 1.53. The van der Waals surface area contributed by atoms with Crippen molar-refractivity contribution in [2.45, 2.75) is 6.54 Å². The summed E-state index contributed by atoms with van der Waals surface area (Å²) in [6.45, 7) is 0.374. The number of aryl methyl sites for hydroxylation is 1. The van der Waals surface area contributed by atoms with E-state index >= 15 is 0 Å². The molecule has 0 aliphatic heterocycles. The van der Waals surface area contributed by atoms with E-state index in [1.807, 2.05) is 48.1 Å². The number of nitrogen functional groups attached to an aromatic ring is 1. The van der Waals surface area contributed by atoms with E-state index in [0.29, 0.717) is 17.7 Å². The van der Waals surface area contributed by atoms with Crippen LogP contribution in [0.3, 0.4) is 0 Å². The first-order chi connectivity index (χ1) is 9.16. The molecule has 0 aliphatic rings. The first kappa shape index (κ1) is 11.5. The lowest BCUT2D eigenvalue weighted by molar-refractivity contribution is 0.691. The van der Waals surface area contributed by atoms with Crippen molar-refractivity contribution in [3.05, 3.63) is 58.9 Å². The number of pyridine rings is 1. The second-order valence-electron chi connectivity index (χ2n) is 4.50. The highest BCUT2D eigenvalue weighted by Crippen LogP contribution is 2.14. The van der Waals surface area contributed by atoms with Crippen molar-refractivity contribution >= 4 is 16.6 Å². The van der Waals surface area contributed by atoms with Crippen LogP contribution in [-0.4, -0.2) is 14.1 Å². The van der Waals surface area contributed by atoms with Gasteiger partial charge in [0.2, 0.25) is 0 Å². The van der Waals surface area contributed by atoms with Gasteiger partial charge in [-0.2, -0.15) is 0 Å². The normalized spacial score (nSPS) is 11.0. The summed E-state index contributed by atoms with van der Waals surface area (Å²) in [4.78, 5) is 16.7. The maximum atomic E-state index is 12.4. The van der Waals surface area contributed by atoms with E-state index in [9.17, 15) is 4.79 Å². The Bertz CT molecular complexity index is 801. The fraction of sp³-hybridized carbons (Fsp3) is 0.143. The van der Waals surface area contributed by atoms with Crippen LogP contribution in [0.2, 0.25) is 0 Å². The lowest BCUT2D eigenvalue weighted by Crippen LogP contribution is -2.24. The van der Waals surface area contributed by atoms with Gasteiger partial charge in [-0.25, -0.2) is 4.98 Å². The predicted octanol–water partition coefficient (Wildman–Crippen LogP) is 1.37. The molecular formula is C14H14N4O. The predicted molar refractivity (Wildman–Crippen MR) is 74.9 cm³/mol. The van der Waals surface area contributed by atoms with Crippen LogP contribution in [0.1, 0.15) is 5.82 Å². The van der Waals surface area contributed by atoms with Crippen LogP contribution in [0.4, 0.5) is 5.82 Å². The Hall–Kier alpha value is -2.56. The monoisotopic (exact) mass is 254 g/mol. The lowest BCUT2D eigenvalue weighted by Gasteiger charge is -2.11. The first-order valence-electron chi connectivity index (χ1n) is 6.01. The third-order valence-electron chi connectivity index (χ3n) is 3.27. The fourth-order valence-corrected chi connectivity index (χ4v) is 2.17. The van der Waals surface area contributed by atoms with Crippen LogP contribution in [-0.2, 0) is 13.6 Å².